The first-order chi connectivity index (χ1) is 28.8. The third-order valence-electron chi connectivity index (χ3n) is 12.2. The van der Waals surface area contributed by atoms with Crippen LogP contribution in [0.15, 0.2) is 194 Å². The van der Waals surface area contributed by atoms with Crippen LogP contribution in [-0.4, -0.2) is 19.1 Å². The molecular weight excluding hydrogens is 705 g/mol. The quantitative estimate of drug-likeness (QED) is 0.180. The average Bonchev–Trinajstić information content (AvgIpc) is 3.94. The van der Waals surface area contributed by atoms with Crippen molar-refractivity contribution < 1.29 is 0 Å². The van der Waals surface area contributed by atoms with Crippen molar-refractivity contribution in [2.45, 2.75) is 0 Å². The Kier molecular flexibility index (Phi) is 6.41. The predicted octanol–water partition coefficient (Wildman–Crippen LogP) is 14.0. The molecule has 0 unspecified atom stereocenters. The summed E-state index contributed by atoms with van der Waals surface area (Å²) in [7, 11) is 0. The molecule has 0 saturated heterocycles. The van der Waals surface area contributed by atoms with E-state index < -0.39 is 0 Å². The molecule has 0 aliphatic heterocycles. The van der Waals surface area contributed by atoms with Gasteiger partial charge in [0.25, 0.3) is 0 Å². The van der Waals surface area contributed by atoms with E-state index in [4.69, 9.17) is 9.97 Å². The number of fused-ring (bicyclic) bond motifs is 13. The summed E-state index contributed by atoms with van der Waals surface area (Å²) < 4.78 is 5.00. The molecule has 1 aliphatic rings. The van der Waals surface area contributed by atoms with Crippen LogP contribution in [0.4, 0.5) is 0 Å². The number of para-hydroxylation sites is 4. The first-order valence-electron chi connectivity index (χ1n) is 19.8. The zero-order valence-electron chi connectivity index (χ0n) is 31.3. The van der Waals surface area contributed by atoms with Gasteiger partial charge in [-0.15, -0.1) is 0 Å². The highest BCUT2D eigenvalue weighted by atomic mass is 15.0. The number of aromatic nitrogens is 4. The number of hydrogen-bond donors (Lipinski definition) is 0. The third-order valence-corrected chi connectivity index (χ3v) is 12.2. The van der Waals surface area contributed by atoms with Gasteiger partial charge >= 0.3 is 0 Å². The Morgan fingerprint density at radius 2 is 0.914 bits per heavy atom. The van der Waals surface area contributed by atoms with Crippen LogP contribution in [0.25, 0.3) is 122 Å². The number of hydrogen-bond acceptors (Lipinski definition) is 2. The van der Waals surface area contributed by atoms with Gasteiger partial charge in [-0.2, -0.15) is 0 Å². The van der Waals surface area contributed by atoms with E-state index in [1.165, 1.54) is 76.6 Å². The Morgan fingerprint density at radius 3 is 1.64 bits per heavy atom. The maximum Gasteiger partial charge on any atom is 0.160 e. The Balaban J connectivity index is 1.15. The van der Waals surface area contributed by atoms with E-state index >= 15 is 0 Å². The summed E-state index contributed by atoms with van der Waals surface area (Å²) in [6.07, 6.45) is 0. The third kappa shape index (κ3) is 4.23. The van der Waals surface area contributed by atoms with Crippen molar-refractivity contribution in [3.8, 4) is 56.3 Å². The summed E-state index contributed by atoms with van der Waals surface area (Å²) in [4.78, 5) is 10.3. The maximum absolute atomic E-state index is 5.20. The predicted molar refractivity (Wildman–Crippen MR) is 241 cm³/mol. The number of nitrogens with zero attached hydrogens (tertiary/aromatic N) is 4. The Morgan fingerprint density at radius 1 is 0.345 bits per heavy atom. The Hall–Kier alpha value is -7.82. The standard InChI is InChI=1S/C54H32N4/c1-3-15-34(16-4-1)51-38-21-7-10-26-43(38)55-54(56-51)35-29-31-37(32-30-35)58-44-27-11-8-22-39(44)48-47-41-24-13-17-33-18-14-25-42(46(33)41)49(47)53-50(52(48)58)40-23-9-12-28-45(40)57(53)36-19-5-2-6-20-36/h1-32H. The number of benzene rings is 9. The van der Waals surface area contributed by atoms with Crippen LogP contribution in [0.3, 0.4) is 0 Å². The van der Waals surface area contributed by atoms with Crippen molar-refractivity contribution in [1.82, 2.24) is 19.1 Å². The lowest BCUT2D eigenvalue weighted by Crippen LogP contribution is -1.98. The molecular formula is C54H32N4. The molecule has 13 rings (SSSR count). The van der Waals surface area contributed by atoms with E-state index in [2.05, 4.69) is 191 Å². The van der Waals surface area contributed by atoms with Gasteiger partial charge in [-0.25, -0.2) is 9.97 Å². The molecule has 0 amide bonds. The van der Waals surface area contributed by atoms with Gasteiger partial charge in [0.05, 0.1) is 33.3 Å². The first kappa shape index (κ1) is 31.4. The molecule has 3 heterocycles. The highest BCUT2D eigenvalue weighted by Crippen LogP contribution is 2.57. The maximum atomic E-state index is 5.20. The second-order valence-electron chi connectivity index (χ2n) is 15.3. The molecule has 0 spiro atoms. The molecule has 0 N–H and O–H groups in total. The number of rotatable bonds is 4. The molecule has 4 nitrogen and oxygen atoms in total. The van der Waals surface area contributed by atoms with Gasteiger partial charge in [0, 0.05) is 60.6 Å². The molecule has 1 aliphatic carbocycles. The molecule has 0 bridgehead atoms. The second kappa shape index (κ2) is 11.8. The molecule has 58 heavy (non-hydrogen) atoms. The minimum atomic E-state index is 0.711. The van der Waals surface area contributed by atoms with E-state index in [1.54, 1.807) is 0 Å². The monoisotopic (exact) mass is 736 g/mol. The van der Waals surface area contributed by atoms with E-state index in [1.807, 2.05) is 12.1 Å². The SMILES string of the molecule is c1ccc(-c2nc(-c3ccc(-n4c5ccccc5c5c6c(c7c(c8ccccc8n7-c7ccccc7)c54)-c4cccc5cccc-6c45)cc3)nc3ccccc23)cc1. The molecule has 0 saturated carbocycles. The van der Waals surface area contributed by atoms with Crippen LogP contribution in [0, 0.1) is 0 Å². The molecule has 0 radical (unpaired) electrons. The summed E-state index contributed by atoms with van der Waals surface area (Å²) in [5, 5.41) is 8.65. The Labute approximate surface area is 333 Å². The van der Waals surface area contributed by atoms with Gasteiger partial charge in [0.1, 0.15) is 0 Å². The normalized spacial score (nSPS) is 12.1. The summed E-state index contributed by atoms with van der Waals surface area (Å²) in [6.45, 7) is 0. The summed E-state index contributed by atoms with van der Waals surface area (Å²) in [5.41, 5.74) is 16.2. The minimum Gasteiger partial charge on any atom is -0.309 e. The van der Waals surface area contributed by atoms with Crippen LogP contribution in [0.5, 0.6) is 0 Å². The average molecular weight is 737 g/mol. The van der Waals surface area contributed by atoms with Crippen LogP contribution < -0.4 is 0 Å². The van der Waals surface area contributed by atoms with E-state index in [-0.39, 0.29) is 0 Å². The van der Waals surface area contributed by atoms with Crippen molar-refractivity contribution in [2.24, 2.45) is 0 Å². The lowest BCUT2D eigenvalue weighted by atomic mass is 9.94. The topological polar surface area (TPSA) is 35.6 Å². The molecule has 268 valence electrons. The lowest BCUT2D eigenvalue weighted by Gasteiger charge is -2.15. The molecule has 4 heteroatoms. The van der Waals surface area contributed by atoms with Crippen LogP contribution >= 0.6 is 0 Å². The van der Waals surface area contributed by atoms with Gasteiger partial charge in [-0.05, 0) is 76.5 Å². The van der Waals surface area contributed by atoms with Crippen molar-refractivity contribution in [3.05, 3.63) is 194 Å². The largest absolute Gasteiger partial charge is 0.309 e. The van der Waals surface area contributed by atoms with Crippen LogP contribution in [0.1, 0.15) is 0 Å². The van der Waals surface area contributed by atoms with Gasteiger partial charge in [0.15, 0.2) is 5.82 Å². The van der Waals surface area contributed by atoms with E-state index in [9.17, 15) is 0 Å². The van der Waals surface area contributed by atoms with Crippen LogP contribution in [-0.2, 0) is 0 Å². The second-order valence-corrected chi connectivity index (χ2v) is 15.3. The first-order valence-corrected chi connectivity index (χ1v) is 19.8. The summed E-state index contributed by atoms with van der Waals surface area (Å²) >= 11 is 0. The van der Waals surface area contributed by atoms with Crippen molar-refractivity contribution in [1.29, 1.82) is 0 Å². The summed E-state index contributed by atoms with van der Waals surface area (Å²) in [5.74, 6) is 0.711. The van der Waals surface area contributed by atoms with Crippen molar-refractivity contribution in [3.63, 3.8) is 0 Å². The van der Waals surface area contributed by atoms with Crippen molar-refractivity contribution in [2.75, 3.05) is 0 Å². The fourth-order valence-corrected chi connectivity index (χ4v) is 9.87. The van der Waals surface area contributed by atoms with Gasteiger partial charge in [-0.1, -0.05) is 140 Å². The Bertz CT molecular complexity index is 3650. The molecule has 9 aromatic carbocycles. The highest BCUT2D eigenvalue weighted by molar-refractivity contribution is 6.38. The molecule has 0 atom stereocenters. The highest BCUT2D eigenvalue weighted by Gasteiger charge is 2.33. The zero-order valence-corrected chi connectivity index (χ0v) is 31.3. The van der Waals surface area contributed by atoms with Crippen LogP contribution in [0.2, 0.25) is 0 Å². The van der Waals surface area contributed by atoms with Gasteiger partial charge < -0.3 is 9.13 Å². The molecule has 3 aromatic heterocycles. The molecule has 0 fully saturated rings. The lowest BCUT2D eigenvalue weighted by molar-refractivity contribution is 1.17. The van der Waals surface area contributed by atoms with Gasteiger partial charge in [-0.3, -0.25) is 0 Å². The summed E-state index contributed by atoms with van der Waals surface area (Å²) in [6, 6.07) is 69.9. The zero-order chi connectivity index (χ0) is 37.9. The smallest absolute Gasteiger partial charge is 0.160 e. The van der Waals surface area contributed by atoms with Gasteiger partial charge in [0.2, 0.25) is 0 Å². The fourth-order valence-electron chi connectivity index (χ4n) is 9.87. The minimum absolute atomic E-state index is 0.711. The van der Waals surface area contributed by atoms with E-state index in [0.29, 0.717) is 5.82 Å². The van der Waals surface area contributed by atoms with E-state index in [0.717, 1.165) is 39.1 Å². The fraction of sp³-hybridized carbons (Fsp3) is 0. The van der Waals surface area contributed by atoms with Crippen molar-refractivity contribution >= 4 is 65.3 Å². The molecule has 12 aromatic rings.